The minimum Gasteiger partial charge on any atom is -0.347 e. The highest BCUT2D eigenvalue weighted by Crippen LogP contribution is 2.27. The standard InChI is InChI=1S/C13H12N4S2/c1-17(7-9-5-3-2-4-6-9)13-16-11-10(19-13)12(18)15-8-14-11/h2-6,8H,7H2,1H3,(H,14,15,18). The first kappa shape index (κ1) is 12.3. The van der Waals surface area contributed by atoms with Crippen LogP contribution in [0.1, 0.15) is 5.56 Å². The van der Waals surface area contributed by atoms with Crippen molar-refractivity contribution in [1.82, 2.24) is 15.0 Å². The van der Waals surface area contributed by atoms with Crippen LogP contribution in [0.25, 0.3) is 10.3 Å². The molecule has 0 amide bonds. The number of anilines is 1. The lowest BCUT2D eigenvalue weighted by atomic mass is 10.2. The summed E-state index contributed by atoms with van der Waals surface area (Å²) in [4.78, 5) is 13.8. The smallest absolute Gasteiger partial charge is 0.188 e. The van der Waals surface area contributed by atoms with Crippen molar-refractivity contribution in [3.05, 3.63) is 46.9 Å². The summed E-state index contributed by atoms with van der Waals surface area (Å²) in [6.07, 6.45) is 1.59. The number of fused-ring (bicyclic) bond motifs is 1. The molecule has 0 aliphatic heterocycles. The van der Waals surface area contributed by atoms with Crippen LogP contribution in [0.3, 0.4) is 0 Å². The predicted molar refractivity (Wildman–Crippen MR) is 81.1 cm³/mol. The first-order chi connectivity index (χ1) is 9.24. The quantitative estimate of drug-likeness (QED) is 0.750. The van der Waals surface area contributed by atoms with E-state index < -0.39 is 0 Å². The van der Waals surface area contributed by atoms with Gasteiger partial charge in [0.15, 0.2) is 10.8 Å². The van der Waals surface area contributed by atoms with Crippen LogP contribution in [0.5, 0.6) is 0 Å². The lowest BCUT2D eigenvalue weighted by Crippen LogP contribution is -2.15. The van der Waals surface area contributed by atoms with E-state index in [9.17, 15) is 0 Å². The zero-order valence-corrected chi connectivity index (χ0v) is 12.0. The second kappa shape index (κ2) is 5.07. The Morgan fingerprint density at radius 2 is 2.11 bits per heavy atom. The number of nitrogens with one attached hydrogen (secondary N) is 1. The van der Waals surface area contributed by atoms with Crippen molar-refractivity contribution < 1.29 is 0 Å². The third-order valence-corrected chi connectivity index (χ3v) is 4.40. The molecule has 0 atom stereocenters. The van der Waals surface area contributed by atoms with Crippen LogP contribution >= 0.6 is 23.6 Å². The zero-order valence-electron chi connectivity index (χ0n) is 10.3. The number of H-pyrrole nitrogens is 1. The minimum absolute atomic E-state index is 0.602. The maximum absolute atomic E-state index is 5.20. The molecule has 96 valence electrons. The Hall–Kier alpha value is -1.79. The summed E-state index contributed by atoms with van der Waals surface area (Å²) in [5.74, 6) is 0. The molecule has 0 radical (unpaired) electrons. The van der Waals surface area contributed by atoms with E-state index in [-0.39, 0.29) is 0 Å². The number of thiazole rings is 1. The van der Waals surface area contributed by atoms with E-state index in [2.05, 4.69) is 32.0 Å². The summed E-state index contributed by atoms with van der Waals surface area (Å²) in [7, 11) is 2.03. The molecule has 0 saturated carbocycles. The van der Waals surface area contributed by atoms with E-state index in [0.717, 1.165) is 22.0 Å². The number of hydrogen-bond donors (Lipinski definition) is 1. The molecule has 0 aliphatic rings. The van der Waals surface area contributed by atoms with Gasteiger partial charge in [-0.2, -0.15) is 0 Å². The van der Waals surface area contributed by atoms with Crippen molar-refractivity contribution in [3.8, 4) is 0 Å². The third kappa shape index (κ3) is 2.50. The molecule has 1 N–H and O–H groups in total. The normalized spacial score (nSPS) is 10.8. The summed E-state index contributed by atoms with van der Waals surface area (Å²) in [6, 6.07) is 10.3. The molecular weight excluding hydrogens is 276 g/mol. The van der Waals surface area contributed by atoms with E-state index in [1.54, 1.807) is 17.7 Å². The Labute approximate surface area is 119 Å². The zero-order chi connectivity index (χ0) is 13.2. The number of hydrogen-bond acceptors (Lipinski definition) is 5. The average Bonchev–Trinajstić information content (AvgIpc) is 2.85. The topological polar surface area (TPSA) is 44.8 Å². The largest absolute Gasteiger partial charge is 0.347 e. The molecule has 3 aromatic rings. The Balaban J connectivity index is 1.92. The lowest BCUT2D eigenvalue weighted by molar-refractivity contribution is 0.916. The lowest BCUT2D eigenvalue weighted by Gasteiger charge is -2.15. The number of aromatic amines is 1. The average molecular weight is 288 g/mol. The molecule has 3 rings (SSSR count). The van der Waals surface area contributed by atoms with Crippen molar-refractivity contribution in [3.63, 3.8) is 0 Å². The van der Waals surface area contributed by atoms with Gasteiger partial charge in [0.05, 0.1) is 6.33 Å². The summed E-state index contributed by atoms with van der Waals surface area (Å²) >= 11 is 6.77. The molecular formula is C13H12N4S2. The molecule has 0 aliphatic carbocycles. The molecule has 2 heterocycles. The second-order valence-corrected chi connectivity index (χ2v) is 5.59. The van der Waals surface area contributed by atoms with E-state index in [1.807, 2.05) is 25.2 Å². The fourth-order valence-electron chi connectivity index (χ4n) is 1.85. The van der Waals surface area contributed by atoms with Crippen LogP contribution in [-0.4, -0.2) is 22.0 Å². The fourth-order valence-corrected chi connectivity index (χ4v) is 3.01. The van der Waals surface area contributed by atoms with Gasteiger partial charge < -0.3 is 9.88 Å². The highest BCUT2D eigenvalue weighted by Gasteiger charge is 2.10. The molecule has 0 bridgehead atoms. The minimum atomic E-state index is 0.602. The van der Waals surface area contributed by atoms with Crippen LogP contribution in [0.15, 0.2) is 36.7 Å². The van der Waals surface area contributed by atoms with E-state index in [1.165, 1.54) is 5.56 Å². The number of rotatable bonds is 3. The first-order valence-corrected chi connectivity index (χ1v) is 7.06. The molecule has 1 aromatic carbocycles. The van der Waals surface area contributed by atoms with Crippen LogP contribution in [-0.2, 0) is 6.54 Å². The van der Waals surface area contributed by atoms with E-state index in [4.69, 9.17) is 12.2 Å². The van der Waals surface area contributed by atoms with Gasteiger partial charge in [-0.25, -0.2) is 9.97 Å². The van der Waals surface area contributed by atoms with Gasteiger partial charge in [-0.15, -0.1) is 0 Å². The van der Waals surface area contributed by atoms with Crippen molar-refractivity contribution >= 4 is 39.0 Å². The Morgan fingerprint density at radius 1 is 1.32 bits per heavy atom. The van der Waals surface area contributed by atoms with Gasteiger partial charge in [0.25, 0.3) is 0 Å². The number of benzene rings is 1. The molecule has 0 spiro atoms. The maximum atomic E-state index is 5.20. The summed E-state index contributed by atoms with van der Waals surface area (Å²) < 4.78 is 1.54. The van der Waals surface area contributed by atoms with Crippen LogP contribution in [0, 0.1) is 4.64 Å². The van der Waals surface area contributed by atoms with E-state index in [0.29, 0.717) is 4.64 Å². The Kier molecular flexibility index (Phi) is 3.27. The van der Waals surface area contributed by atoms with Gasteiger partial charge >= 0.3 is 0 Å². The molecule has 0 fully saturated rings. The SMILES string of the molecule is CN(Cc1ccccc1)c1nc2[nH]cnc(=S)c2s1. The summed E-state index contributed by atoms with van der Waals surface area (Å²) in [6.45, 7) is 0.820. The van der Waals surface area contributed by atoms with Crippen LogP contribution in [0.4, 0.5) is 5.13 Å². The first-order valence-electron chi connectivity index (χ1n) is 5.83. The van der Waals surface area contributed by atoms with Crippen molar-refractivity contribution in [2.75, 3.05) is 11.9 Å². The molecule has 2 aromatic heterocycles. The van der Waals surface area contributed by atoms with E-state index >= 15 is 0 Å². The Bertz CT molecular complexity index is 748. The molecule has 19 heavy (non-hydrogen) atoms. The van der Waals surface area contributed by atoms with Crippen LogP contribution < -0.4 is 4.90 Å². The molecule has 0 unspecified atom stereocenters. The monoisotopic (exact) mass is 288 g/mol. The predicted octanol–water partition coefficient (Wildman–Crippen LogP) is 3.39. The van der Waals surface area contributed by atoms with Crippen LogP contribution in [0.2, 0.25) is 0 Å². The highest BCUT2D eigenvalue weighted by molar-refractivity contribution is 7.71. The second-order valence-electron chi connectivity index (χ2n) is 4.22. The van der Waals surface area contributed by atoms with Gasteiger partial charge in [0.1, 0.15) is 9.34 Å². The fraction of sp³-hybridized carbons (Fsp3) is 0.154. The van der Waals surface area contributed by atoms with Gasteiger partial charge in [-0.05, 0) is 5.56 Å². The number of nitrogens with zero attached hydrogens (tertiary/aromatic N) is 3. The molecule has 6 heteroatoms. The Morgan fingerprint density at radius 3 is 2.84 bits per heavy atom. The summed E-state index contributed by atoms with van der Waals surface area (Å²) in [5, 5.41) is 0.939. The third-order valence-electron chi connectivity index (χ3n) is 2.78. The maximum Gasteiger partial charge on any atom is 0.188 e. The van der Waals surface area contributed by atoms with Crippen molar-refractivity contribution in [2.24, 2.45) is 0 Å². The van der Waals surface area contributed by atoms with Crippen molar-refractivity contribution in [2.45, 2.75) is 6.54 Å². The molecule has 4 nitrogen and oxygen atoms in total. The molecule has 0 saturated heterocycles. The van der Waals surface area contributed by atoms with Gasteiger partial charge in [-0.1, -0.05) is 53.9 Å². The van der Waals surface area contributed by atoms with Gasteiger partial charge in [0.2, 0.25) is 0 Å². The highest BCUT2D eigenvalue weighted by atomic mass is 32.1. The summed E-state index contributed by atoms with van der Waals surface area (Å²) in [5.41, 5.74) is 2.06. The van der Waals surface area contributed by atoms with Crippen molar-refractivity contribution in [1.29, 1.82) is 0 Å². The number of aromatic nitrogens is 3. The van der Waals surface area contributed by atoms with Gasteiger partial charge in [-0.3, -0.25) is 0 Å². The van der Waals surface area contributed by atoms with Gasteiger partial charge in [0, 0.05) is 13.6 Å².